The van der Waals surface area contributed by atoms with Crippen LogP contribution in [-0.4, -0.2) is 26.3 Å². The van der Waals surface area contributed by atoms with Crippen molar-refractivity contribution < 1.29 is 22.1 Å². The maximum Gasteiger partial charge on any atom is 0.271 e. The lowest BCUT2D eigenvalue weighted by Crippen LogP contribution is -2.29. The van der Waals surface area contributed by atoms with Gasteiger partial charge in [-0.1, -0.05) is 0 Å². The second-order valence-electron chi connectivity index (χ2n) is 3.22. The Morgan fingerprint density at radius 3 is 2.50 bits per heavy atom. The molecule has 0 aromatic heterocycles. The van der Waals surface area contributed by atoms with Crippen LogP contribution in [0.1, 0.15) is 0 Å². The van der Waals surface area contributed by atoms with Crippen LogP contribution >= 0.6 is 0 Å². The van der Waals surface area contributed by atoms with E-state index in [9.17, 15) is 27.3 Å². The molecule has 0 atom stereocenters. The summed E-state index contributed by atoms with van der Waals surface area (Å²) in [7, 11) is -4.21. The predicted molar refractivity (Wildman–Crippen MR) is 58.7 cm³/mol. The summed E-state index contributed by atoms with van der Waals surface area (Å²) >= 11 is 0. The average Bonchev–Trinajstić information content (AvgIpc) is 2.26. The van der Waals surface area contributed by atoms with Crippen molar-refractivity contribution in [1.29, 1.82) is 0 Å². The van der Waals surface area contributed by atoms with Crippen LogP contribution in [-0.2, 0) is 10.0 Å². The number of nitrogen functional groups attached to an aromatic ring is 1. The molecule has 1 rings (SSSR count). The second-order valence-corrected chi connectivity index (χ2v) is 4.96. The number of hydrogen-bond donors (Lipinski definition) is 2. The predicted octanol–water partition coefficient (Wildman–Crippen LogP) is 0.720. The standard InChI is InChI=1S/C8H9F2N3O4S/c9-8(10)4-12-18(16,17)7-2-1-5(13(14)15)3-6(7)11/h1-3,8,12H,4,11H2. The van der Waals surface area contributed by atoms with E-state index < -0.39 is 32.8 Å². The molecule has 0 radical (unpaired) electrons. The minimum absolute atomic E-state index is 0.383. The lowest BCUT2D eigenvalue weighted by atomic mass is 10.3. The molecule has 18 heavy (non-hydrogen) atoms. The summed E-state index contributed by atoms with van der Waals surface area (Å²) in [5.41, 5.74) is 4.57. The average molecular weight is 281 g/mol. The third-order valence-corrected chi connectivity index (χ3v) is 3.42. The van der Waals surface area contributed by atoms with Gasteiger partial charge in [-0.05, 0) is 6.07 Å². The van der Waals surface area contributed by atoms with E-state index in [1.165, 1.54) is 0 Å². The van der Waals surface area contributed by atoms with Crippen molar-refractivity contribution >= 4 is 21.4 Å². The summed E-state index contributed by atoms with van der Waals surface area (Å²) in [6.07, 6.45) is -2.85. The van der Waals surface area contributed by atoms with Crippen molar-refractivity contribution in [3.63, 3.8) is 0 Å². The number of nitro benzene ring substituents is 1. The fourth-order valence-corrected chi connectivity index (χ4v) is 2.26. The molecule has 100 valence electrons. The molecular weight excluding hydrogens is 272 g/mol. The van der Waals surface area contributed by atoms with E-state index in [-0.39, 0.29) is 11.4 Å². The number of rotatable bonds is 5. The molecular formula is C8H9F2N3O4S. The molecule has 0 aliphatic rings. The molecule has 0 saturated carbocycles. The molecule has 1 aromatic rings. The zero-order chi connectivity index (χ0) is 13.9. The van der Waals surface area contributed by atoms with Gasteiger partial charge in [-0.3, -0.25) is 10.1 Å². The van der Waals surface area contributed by atoms with E-state index >= 15 is 0 Å². The monoisotopic (exact) mass is 281 g/mol. The fourth-order valence-electron chi connectivity index (χ4n) is 1.14. The third kappa shape index (κ3) is 3.34. The van der Waals surface area contributed by atoms with Crippen LogP contribution in [0.25, 0.3) is 0 Å². The van der Waals surface area contributed by atoms with Gasteiger partial charge in [0.25, 0.3) is 12.1 Å². The molecule has 0 aliphatic heterocycles. The summed E-state index contributed by atoms with van der Waals surface area (Å²) in [4.78, 5) is 9.19. The Bertz CT molecular complexity index is 561. The highest BCUT2D eigenvalue weighted by atomic mass is 32.2. The van der Waals surface area contributed by atoms with Crippen LogP contribution in [0.15, 0.2) is 23.1 Å². The molecule has 0 fully saturated rings. The zero-order valence-electron chi connectivity index (χ0n) is 8.84. The number of non-ortho nitro benzene ring substituents is 1. The quantitative estimate of drug-likeness (QED) is 0.468. The van der Waals surface area contributed by atoms with Crippen molar-refractivity contribution in [1.82, 2.24) is 4.72 Å². The first kappa shape index (κ1) is 14.3. The molecule has 0 aliphatic carbocycles. The van der Waals surface area contributed by atoms with E-state index in [4.69, 9.17) is 5.73 Å². The molecule has 10 heteroatoms. The number of anilines is 1. The number of hydrogen-bond acceptors (Lipinski definition) is 5. The molecule has 0 bridgehead atoms. The summed E-state index contributed by atoms with van der Waals surface area (Å²) < 4.78 is 48.5. The van der Waals surface area contributed by atoms with Gasteiger partial charge in [-0.15, -0.1) is 0 Å². The van der Waals surface area contributed by atoms with Crippen LogP contribution < -0.4 is 10.5 Å². The lowest BCUT2D eigenvalue weighted by molar-refractivity contribution is -0.384. The Hall–Kier alpha value is -1.81. The number of nitro groups is 1. The SMILES string of the molecule is Nc1cc([N+](=O)[O-])ccc1S(=O)(=O)NCC(F)F. The van der Waals surface area contributed by atoms with Crippen LogP contribution in [0, 0.1) is 10.1 Å². The summed E-state index contributed by atoms with van der Waals surface area (Å²) in [5, 5.41) is 10.4. The Morgan fingerprint density at radius 1 is 1.44 bits per heavy atom. The molecule has 0 spiro atoms. The number of nitrogens with one attached hydrogen (secondary N) is 1. The summed E-state index contributed by atoms with van der Waals surface area (Å²) in [6.45, 7) is -1.06. The topological polar surface area (TPSA) is 115 Å². The van der Waals surface area contributed by atoms with Crippen LogP contribution in [0.5, 0.6) is 0 Å². The lowest BCUT2D eigenvalue weighted by Gasteiger charge is -2.08. The largest absolute Gasteiger partial charge is 0.397 e. The first-order valence-electron chi connectivity index (χ1n) is 4.56. The summed E-state index contributed by atoms with van der Waals surface area (Å²) in [6, 6.07) is 2.66. The summed E-state index contributed by atoms with van der Waals surface area (Å²) in [5.74, 6) is 0. The van der Waals surface area contributed by atoms with Gasteiger partial charge in [0.15, 0.2) is 0 Å². The van der Waals surface area contributed by atoms with Gasteiger partial charge in [0.1, 0.15) is 4.90 Å². The number of nitrogens with two attached hydrogens (primary N) is 1. The fraction of sp³-hybridized carbons (Fsp3) is 0.250. The highest BCUT2D eigenvalue weighted by Gasteiger charge is 2.21. The highest BCUT2D eigenvalue weighted by molar-refractivity contribution is 7.89. The number of sulfonamides is 1. The van der Waals surface area contributed by atoms with Gasteiger partial charge in [0.05, 0.1) is 17.2 Å². The van der Waals surface area contributed by atoms with Crippen LogP contribution in [0.3, 0.4) is 0 Å². The molecule has 3 N–H and O–H groups in total. The van der Waals surface area contributed by atoms with Crippen LogP contribution in [0.4, 0.5) is 20.2 Å². The minimum Gasteiger partial charge on any atom is -0.397 e. The maximum atomic E-state index is 11.9. The van der Waals surface area contributed by atoms with Gasteiger partial charge < -0.3 is 5.73 Å². The van der Waals surface area contributed by atoms with E-state index in [1.54, 1.807) is 4.72 Å². The third-order valence-electron chi connectivity index (χ3n) is 1.92. The number of benzene rings is 1. The van der Waals surface area contributed by atoms with Crippen LogP contribution in [0.2, 0.25) is 0 Å². The Labute approximate surface area is 101 Å². The van der Waals surface area contributed by atoms with Crippen molar-refractivity contribution in [2.75, 3.05) is 12.3 Å². The number of halogens is 2. The van der Waals surface area contributed by atoms with Crippen molar-refractivity contribution in [2.45, 2.75) is 11.3 Å². The van der Waals surface area contributed by atoms with Gasteiger partial charge >= 0.3 is 0 Å². The molecule has 1 aromatic carbocycles. The first-order valence-corrected chi connectivity index (χ1v) is 6.04. The Kier molecular flexibility index (Phi) is 4.14. The first-order chi connectivity index (χ1) is 8.24. The number of nitrogens with zero attached hydrogens (tertiary/aromatic N) is 1. The van der Waals surface area contributed by atoms with Gasteiger partial charge in [-0.25, -0.2) is 21.9 Å². The number of alkyl halides is 2. The van der Waals surface area contributed by atoms with Gasteiger partial charge in [0.2, 0.25) is 10.0 Å². The van der Waals surface area contributed by atoms with E-state index in [1.807, 2.05) is 0 Å². The molecule has 7 nitrogen and oxygen atoms in total. The van der Waals surface area contributed by atoms with Crippen molar-refractivity contribution in [3.8, 4) is 0 Å². The van der Waals surface area contributed by atoms with Gasteiger partial charge in [0, 0.05) is 12.1 Å². The molecule has 0 unspecified atom stereocenters. The minimum atomic E-state index is -4.21. The highest BCUT2D eigenvalue weighted by Crippen LogP contribution is 2.23. The molecule has 0 amide bonds. The van der Waals surface area contributed by atoms with E-state index in [2.05, 4.69) is 0 Å². The smallest absolute Gasteiger partial charge is 0.271 e. The van der Waals surface area contributed by atoms with Gasteiger partial charge in [-0.2, -0.15) is 0 Å². The maximum absolute atomic E-state index is 11.9. The zero-order valence-corrected chi connectivity index (χ0v) is 9.65. The van der Waals surface area contributed by atoms with E-state index in [0.29, 0.717) is 0 Å². The molecule has 0 saturated heterocycles. The Balaban J connectivity index is 3.06. The molecule has 0 heterocycles. The second kappa shape index (κ2) is 5.23. The van der Waals surface area contributed by atoms with E-state index in [0.717, 1.165) is 18.2 Å². The van der Waals surface area contributed by atoms with Crippen molar-refractivity contribution in [2.24, 2.45) is 0 Å². The van der Waals surface area contributed by atoms with Crippen molar-refractivity contribution in [3.05, 3.63) is 28.3 Å². The Morgan fingerprint density at radius 2 is 2.06 bits per heavy atom. The normalized spacial score (nSPS) is 11.7.